The summed E-state index contributed by atoms with van der Waals surface area (Å²) in [4.78, 5) is 4.44. The van der Waals surface area contributed by atoms with Gasteiger partial charge in [-0.25, -0.2) is 0 Å². The van der Waals surface area contributed by atoms with Crippen LogP contribution in [0.4, 0.5) is 5.69 Å². The van der Waals surface area contributed by atoms with Crippen molar-refractivity contribution >= 4 is 43.8 Å². The third-order valence-corrected chi connectivity index (χ3v) is 4.89. The van der Waals surface area contributed by atoms with Crippen molar-refractivity contribution in [1.82, 2.24) is 0 Å². The van der Waals surface area contributed by atoms with Crippen LogP contribution in [0.1, 0.15) is 16.7 Å². The van der Waals surface area contributed by atoms with E-state index >= 15 is 0 Å². The molecule has 2 N–H and O–H groups in total. The van der Waals surface area contributed by atoms with Gasteiger partial charge in [0.2, 0.25) is 0 Å². The van der Waals surface area contributed by atoms with E-state index in [1.165, 1.54) is 5.56 Å². The van der Waals surface area contributed by atoms with E-state index in [4.69, 9.17) is 0 Å². The van der Waals surface area contributed by atoms with Crippen LogP contribution in [-0.4, -0.2) is 16.4 Å². The van der Waals surface area contributed by atoms with Gasteiger partial charge in [-0.15, -0.1) is 0 Å². The molecule has 3 nitrogen and oxygen atoms in total. The molecule has 0 heterocycles. The predicted molar refractivity (Wildman–Crippen MR) is 108 cm³/mol. The highest BCUT2D eigenvalue weighted by Gasteiger charge is 2.07. The van der Waals surface area contributed by atoms with Crippen molar-refractivity contribution in [2.24, 2.45) is 4.99 Å². The van der Waals surface area contributed by atoms with Gasteiger partial charge in [-0.3, -0.25) is 4.99 Å². The maximum Gasteiger partial charge on any atom is 0.124 e. The summed E-state index contributed by atoms with van der Waals surface area (Å²) in [5.41, 5.74) is 3.58. The first-order valence-electron chi connectivity index (χ1n) is 7.61. The second-order valence-corrected chi connectivity index (χ2v) is 7.28. The van der Waals surface area contributed by atoms with Gasteiger partial charge in [-0.2, -0.15) is 0 Å². The number of halogens is 2. The molecule has 0 saturated heterocycles. The van der Waals surface area contributed by atoms with Crippen molar-refractivity contribution in [3.8, 4) is 11.5 Å². The smallest absolute Gasteiger partial charge is 0.124 e. The average molecular weight is 461 g/mol. The number of aliphatic imine (C=N–C) groups is 1. The summed E-state index contributed by atoms with van der Waals surface area (Å²) in [5.74, 6) is 0.317. The Morgan fingerprint density at radius 3 is 2.20 bits per heavy atom. The number of aromatic hydroxyl groups is 2. The SMILES string of the molecule is Oc1cc(Br)c(N=Cc2cc(Cc3ccccc3)ccc2O)c(Br)c1. The van der Waals surface area contributed by atoms with E-state index in [1.54, 1.807) is 24.4 Å². The first-order chi connectivity index (χ1) is 12.0. The average Bonchev–Trinajstić information content (AvgIpc) is 2.57. The molecular formula is C20H15Br2NO2. The number of hydrogen-bond donors (Lipinski definition) is 2. The lowest BCUT2D eigenvalue weighted by molar-refractivity contribution is 0.473. The Bertz CT molecular complexity index is 901. The van der Waals surface area contributed by atoms with Crippen LogP contribution >= 0.6 is 31.9 Å². The number of phenols is 2. The molecule has 3 rings (SSSR count). The highest BCUT2D eigenvalue weighted by molar-refractivity contribution is 9.11. The largest absolute Gasteiger partial charge is 0.508 e. The van der Waals surface area contributed by atoms with Gasteiger partial charge in [-0.1, -0.05) is 36.4 Å². The van der Waals surface area contributed by atoms with Crippen LogP contribution in [0, 0.1) is 0 Å². The molecule has 0 atom stereocenters. The minimum atomic E-state index is 0.144. The molecule has 5 heteroatoms. The van der Waals surface area contributed by atoms with E-state index in [0.717, 1.165) is 12.0 Å². The molecule has 0 bridgehead atoms. The number of nitrogens with zero attached hydrogens (tertiary/aromatic N) is 1. The summed E-state index contributed by atoms with van der Waals surface area (Å²) in [6.45, 7) is 0. The molecule has 25 heavy (non-hydrogen) atoms. The highest BCUT2D eigenvalue weighted by atomic mass is 79.9. The fourth-order valence-corrected chi connectivity index (χ4v) is 3.83. The van der Waals surface area contributed by atoms with Gasteiger partial charge in [0, 0.05) is 20.7 Å². The zero-order chi connectivity index (χ0) is 17.8. The summed E-state index contributed by atoms with van der Waals surface area (Å²) in [5, 5.41) is 19.7. The van der Waals surface area contributed by atoms with Crippen molar-refractivity contribution in [3.63, 3.8) is 0 Å². The molecule has 0 radical (unpaired) electrons. The Labute approximate surface area is 162 Å². The van der Waals surface area contributed by atoms with Crippen LogP contribution in [0.25, 0.3) is 0 Å². The molecule has 0 aliphatic heterocycles. The molecule has 0 aromatic heterocycles. The second kappa shape index (κ2) is 7.85. The molecule has 0 fully saturated rings. The van der Waals surface area contributed by atoms with Gasteiger partial charge < -0.3 is 10.2 Å². The van der Waals surface area contributed by atoms with E-state index in [1.807, 2.05) is 30.3 Å². The zero-order valence-corrected chi connectivity index (χ0v) is 16.3. The summed E-state index contributed by atoms with van der Waals surface area (Å²) in [7, 11) is 0. The van der Waals surface area contributed by atoms with E-state index in [9.17, 15) is 10.2 Å². The van der Waals surface area contributed by atoms with E-state index in [0.29, 0.717) is 20.2 Å². The van der Waals surface area contributed by atoms with Crippen LogP contribution in [0.2, 0.25) is 0 Å². The van der Waals surface area contributed by atoms with E-state index in [2.05, 4.69) is 49.0 Å². The number of benzene rings is 3. The van der Waals surface area contributed by atoms with Crippen LogP contribution in [0.15, 0.2) is 74.6 Å². The Balaban J connectivity index is 1.89. The third-order valence-electron chi connectivity index (χ3n) is 3.68. The normalized spacial score (nSPS) is 11.1. The maximum absolute atomic E-state index is 10.1. The first kappa shape index (κ1) is 17.7. The topological polar surface area (TPSA) is 52.8 Å². The van der Waals surface area contributed by atoms with Crippen molar-refractivity contribution < 1.29 is 10.2 Å². The van der Waals surface area contributed by atoms with Gasteiger partial charge >= 0.3 is 0 Å². The molecule has 0 amide bonds. The monoisotopic (exact) mass is 459 g/mol. The number of rotatable bonds is 4. The minimum Gasteiger partial charge on any atom is -0.508 e. The maximum atomic E-state index is 10.1. The standard InChI is InChI=1S/C20H15Br2NO2/c21-17-10-16(24)11-18(22)20(17)23-12-15-9-14(6-7-19(15)25)8-13-4-2-1-3-5-13/h1-7,9-12,24-25H,8H2. The molecular weight excluding hydrogens is 446 g/mol. The third kappa shape index (κ3) is 4.50. The fourth-order valence-electron chi connectivity index (χ4n) is 2.46. The van der Waals surface area contributed by atoms with Gasteiger partial charge in [-0.05, 0) is 73.7 Å². The van der Waals surface area contributed by atoms with Gasteiger partial charge in [0.15, 0.2) is 0 Å². The lowest BCUT2D eigenvalue weighted by Crippen LogP contribution is -1.91. The van der Waals surface area contributed by atoms with Crippen molar-refractivity contribution in [1.29, 1.82) is 0 Å². The van der Waals surface area contributed by atoms with Gasteiger partial charge in [0.1, 0.15) is 11.5 Å². The molecule has 0 aliphatic carbocycles. The van der Waals surface area contributed by atoms with Crippen LogP contribution in [-0.2, 0) is 6.42 Å². The predicted octanol–water partition coefficient (Wildman–Crippen LogP) is 5.96. The molecule has 126 valence electrons. The lowest BCUT2D eigenvalue weighted by atomic mass is 10.0. The Morgan fingerprint density at radius 2 is 1.52 bits per heavy atom. The molecule has 0 aliphatic rings. The first-order valence-corrected chi connectivity index (χ1v) is 9.19. The summed E-state index contributed by atoms with van der Waals surface area (Å²) in [6, 6.07) is 18.8. The van der Waals surface area contributed by atoms with Gasteiger partial charge in [0.25, 0.3) is 0 Å². The highest BCUT2D eigenvalue weighted by Crippen LogP contribution is 2.37. The Kier molecular flexibility index (Phi) is 5.56. The number of hydrogen-bond acceptors (Lipinski definition) is 3. The Morgan fingerprint density at radius 1 is 0.840 bits per heavy atom. The molecule has 0 saturated carbocycles. The van der Waals surface area contributed by atoms with Gasteiger partial charge in [0.05, 0.1) is 5.69 Å². The Hall–Kier alpha value is -2.11. The second-order valence-electron chi connectivity index (χ2n) is 5.57. The molecule has 3 aromatic carbocycles. The number of phenolic OH excluding ortho intramolecular Hbond substituents is 2. The summed E-state index contributed by atoms with van der Waals surface area (Å²) >= 11 is 6.76. The fraction of sp³-hybridized carbons (Fsp3) is 0.0500. The molecule has 0 unspecified atom stereocenters. The summed E-state index contributed by atoms with van der Waals surface area (Å²) in [6.07, 6.45) is 2.40. The van der Waals surface area contributed by atoms with Crippen molar-refractivity contribution in [3.05, 3.63) is 86.3 Å². The van der Waals surface area contributed by atoms with E-state index in [-0.39, 0.29) is 11.5 Å². The molecule has 0 spiro atoms. The van der Waals surface area contributed by atoms with Crippen LogP contribution in [0.3, 0.4) is 0 Å². The lowest BCUT2D eigenvalue weighted by Gasteiger charge is -2.06. The van der Waals surface area contributed by atoms with Crippen molar-refractivity contribution in [2.45, 2.75) is 6.42 Å². The quantitative estimate of drug-likeness (QED) is 0.471. The molecule has 3 aromatic rings. The van der Waals surface area contributed by atoms with E-state index < -0.39 is 0 Å². The van der Waals surface area contributed by atoms with Crippen molar-refractivity contribution in [2.75, 3.05) is 0 Å². The summed E-state index contributed by atoms with van der Waals surface area (Å²) < 4.78 is 1.33. The zero-order valence-electron chi connectivity index (χ0n) is 13.2. The van der Waals surface area contributed by atoms with Crippen LogP contribution < -0.4 is 0 Å². The van der Waals surface area contributed by atoms with Crippen LogP contribution in [0.5, 0.6) is 11.5 Å². The minimum absolute atomic E-state index is 0.144.